The minimum atomic E-state index is -0.274. The van der Waals surface area contributed by atoms with E-state index in [1.165, 1.54) is 0 Å². The number of rotatable bonds is 5. The summed E-state index contributed by atoms with van der Waals surface area (Å²) in [5.41, 5.74) is 0.964. The van der Waals surface area contributed by atoms with Crippen molar-refractivity contribution in [3.05, 3.63) is 24.5 Å². The third-order valence-corrected chi connectivity index (χ3v) is 1.59. The lowest BCUT2D eigenvalue weighted by Crippen LogP contribution is -2.37. The van der Waals surface area contributed by atoms with Gasteiger partial charge in [0.25, 0.3) is 0 Å². The van der Waals surface area contributed by atoms with Gasteiger partial charge in [-0.05, 0) is 19.9 Å². The summed E-state index contributed by atoms with van der Waals surface area (Å²) in [5.74, 6) is 0. The first-order valence-electron chi connectivity index (χ1n) is 4.51. The van der Waals surface area contributed by atoms with Crippen molar-refractivity contribution >= 4 is 12.6 Å². The summed E-state index contributed by atoms with van der Waals surface area (Å²) in [7, 11) is -0.274. The first-order chi connectivity index (χ1) is 6.38. The van der Waals surface area contributed by atoms with E-state index in [4.69, 9.17) is 9.31 Å². The fraction of sp³-hybridized carbons (Fsp3) is 0.444. The van der Waals surface area contributed by atoms with E-state index in [-0.39, 0.29) is 7.12 Å². The second-order valence-electron chi connectivity index (χ2n) is 2.53. The summed E-state index contributed by atoms with van der Waals surface area (Å²) in [6.45, 7) is 5.17. The quantitative estimate of drug-likeness (QED) is 0.628. The molecule has 0 aromatic carbocycles. The number of nitrogens with zero attached hydrogens (tertiary/aromatic N) is 1. The fourth-order valence-corrected chi connectivity index (χ4v) is 1.06. The number of aromatic nitrogens is 1. The summed E-state index contributed by atoms with van der Waals surface area (Å²) in [6, 6.07) is 3.82. The molecule has 0 radical (unpaired) electrons. The molecule has 0 atom stereocenters. The van der Waals surface area contributed by atoms with Crippen LogP contribution in [0.25, 0.3) is 0 Å². The van der Waals surface area contributed by atoms with Crippen molar-refractivity contribution in [2.75, 3.05) is 13.2 Å². The molecule has 0 N–H and O–H groups in total. The lowest BCUT2D eigenvalue weighted by atomic mass is 9.80. The molecule has 1 aromatic rings. The molecule has 0 saturated carbocycles. The van der Waals surface area contributed by atoms with Crippen LogP contribution in [0.4, 0.5) is 0 Å². The molecule has 0 amide bonds. The van der Waals surface area contributed by atoms with Crippen molar-refractivity contribution in [1.29, 1.82) is 0 Å². The van der Waals surface area contributed by atoms with Gasteiger partial charge in [-0.3, -0.25) is 4.98 Å². The Bertz CT molecular complexity index is 224. The third-order valence-electron chi connectivity index (χ3n) is 1.59. The van der Waals surface area contributed by atoms with Crippen LogP contribution in [0.1, 0.15) is 13.8 Å². The van der Waals surface area contributed by atoms with E-state index in [2.05, 4.69) is 4.98 Å². The van der Waals surface area contributed by atoms with Gasteiger partial charge in [0, 0.05) is 31.1 Å². The van der Waals surface area contributed by atoms with Crippen LogP contribution in [0.3, 0.4) is 0 Å². The zero-order chi connectivity index (χ0) is 9.52. The van der Waals surface area contributed by atoms with Crippen LogP contribution in [0.15, 0.2) is 24.5 Å². The molecule has 1 rings (SSSR count). The molecule has 0 unspecified atom stereocenters. The Morgan fingerprint density at radius 2 is 2.00 bits per heavy atom. The molecule has 0 saturated heterocycles. The Kier molecular flexibility index (Phi) is 4.50. The summed E-state index contributed by atoms with van der Waals surface area (Å²) in [4.78, 5) is 4.01. The Labute approximate surface area is 79.2 Å². The zero-order valence-electron chi connectivity index (χ0n) is 8.06. The van der Waals surface area contributed by atoms with Gasteiger partial charge >= 0.3 is 7.12 Å². The van der Waals surface area contributed by atoms with Crippen LogP contribution in [0.2, 0.25) is 0 Å². The van der Waals surface area contributed by atoms with Crippen molar-refractivity contribution in [3.63, 3.8) is 0 Å². The Hall–Kier alpha value is -0.865. The van der Waals surface area contributed by atoms with Crippen molar-refractivity contribution in [1.82, 2.24) is 4.98 Å². The first-order valence-corrected chi connectivity index (χ1v) is 4.51. The average molecular weight is 179 g/mol. The lowest BCUT2D eigenvalue weighted by molar-refractivity contribution is 0.225. The van der Waals surface area contributed by atoms with E-state index in [9.17, 15) is 0 Å². The summed E-state index contributed by atoms with van der Waals surface area (Å²) < 4.78 is 10.8. The van der Waals surface area contributed by atoms with E-state index in [0.717, 1.165) is 5.46 Å². The van der Waals surface area contributed by atoms with Gasteiger partial charge in [0.2, 0.25) is 0 Å². The second-order valence-corrected chi connectivity index (χ2v) is 2.53. The van der Waals surface area contributed by atoms with E-state index in [1.54, 1.807) is 12.4 Å². The SMILES string of the molecule is CCOB(OCC)c1cccnc1. The van der Waals surface area contributed by atoms with Gasteiger partial charge in [0.15, 0.2) is 0 Å². The number of hydrogen-bond acceptors (Lipinski definition) is 3. The Morgan fingerprint density at radius 3 is 2.46 bits per heavy atom. The summed E-state index contributed by atoms with van der Waals surface area (Å²) in [5, 5.41) is 0. The van der Waals surface area contributed by atoms with Crippen molar-refractivity contribution in [3.8, 4) is 0 Å². The minimum Gasteiger partial charge on any atom is -0.408 e. The van der Waals surface area contributed by atoms with Gasteiger partial charge in [-0.1, -0.05) is 6.07 Å². The molecule has 13 heavy (non-hydrogen) atoms. The predicted molar refractivity (Wildman–Crippen MR) is 52.9 cm³/mol. The second kappa shape index (κ2) is 5.72. The van der Waals surface area contributed by atoms with Gasteiger partial charge in [0.1, 0.15) is 0 Å². The van der Waals surface area contributed by atoms with E-state index < -0.39 is 0 Å². The van der Waals surface area contributed by atoms with Gasteiger partial charge < -0.3 is 9.31 Å². The molecule has 70 valence electrons. The summed E-state index contributed by atoms with van der Waals surface area (Å²) >= 11 is 0. The van der Waals surface area contributed by atoms with E-state index in [1.807, 2.05) is 26.0 Å². The molecule has 0 aliphatic carbocycles. The maximum atomic E-state index is 5.41. The van der Waals surface area contributed by atoms with Crippen molar-refractivity contribution < 1.29 is 9.31 Å². The molecule has 0 fully saturated rings. The van der Waals surface area contributed by atoms with Crippen molar-refractivity contribution in [2.45, 2.75) is 13.8 Å². The minimum absolute atomic E-state index is 0.274. The smallest absolute Gasteiger partial charge is 0.408 e. The van der Waals surface area contributed by atoms with E-state index >= 15 is 0 Å². The largest absolute Gasteiger partial charge is 0.495 e. The van der Waals surface area contributed by atoms with Crippen molar-refractivity contribution in [2.24, 2.45) is 0 Å². The maximum absolute atomic E-state index is 5.41. The van der Waals surface area contributed by atoms with Crippen LogP contribution >= 0.6 is 0 Å². The third kappa shape index (κ3) is 3.16. The standard InChI is InChI=1S/C9H14BNO2/c1-3-12-10(13-4-2)9-6-5-7-11-8-9/h5-8H,3-4H2,1-2H3. The summed E-state index contributed by atoms with van der Waals surface area (Å²) in [6.07, 6.45) is 3.49. The van der Waals surface area contributed by atoms with Gasteiger partial charge in [-0.15, -0.1) is 0 Å². The number of hydrogen-bond donors (Lipinski definition) is 0. The highest BCUT2D eigenvalue weighted by atomic mass is 16.6. The van der Waals surface area contributed by atoms with Crippen LogP contribution in [-0.2, 0) is 9.31 Å². The molecule has 0 spiro atoms. The molecule has 1 aromatic heterocycles. The Balaban J connectivity index is 2.64. The molecule has 0 aliphatic rings. The average Bonchev–Trinajstić information content (AvgIpc) is 2.19. The monoisotopic (exact) mass is 179 g/mol. The van der Waals surface area contributed by atoms with Crippen LogP contribution in [-0.4, -0.2) is 25.3 Å². The van der Waals surface area contributed by atoms with Crippen LogP contribution < -0.4 is 5.46 Å². The van der Waals surface area contributed by atoms with Gasteiger partial charge in [-0.2, -0.15) is 0 Å². The van der Waals surface area contributed by atoms with Gasteiger partial charge in [-0.25, -0.2) is 0 Å². The predicted octanol–water partition coefficient (Wildman–Crippen LogP) is 0.850. The molecular formula is C9H14BNO2. The van der Waals surface area contributed by atoms with Gasteiger partial charge in [0.05, 0.1) is 0 Å². The highest BCUT2D eigenvalue weighted by Crippen LogP contribution is 1.91. The molecule has 1 heterocycles. The topological polar surface area (TPSA) is 31.4 Å². The van der Waals surface area contributed by atoms with E-state index in [0.29, 0.717) is 13.2 Å². The highest BCUT2D eigenvalue weighted by Gasteiger charge is 2.19. The maximum Gasteiger partial charge on any atom is 0.495 e. The molecule has 3 nitrogen and oxygen atoms in total. The molecule has 4 heteroatoms. The number of pyridine rings is 1. The molecular weight excluding hydrogens is 165 g/mol. The first kappa shape index (κ1) is 10.2. The van der Waals surface area contributed by atoms with Crippen LogP contribution in [0, 0.1) is 0 Å². The highest BCUT2D eigenvalue weighted by molar-refractivity contribution is 6.61. The molecule has 0 aliphatic heterocycles. The normalized spacial score (nSPS) is 10.0. The van der Waals surface area contributed by atoms with Crippen LogP contribution in [0.5, 0.6) is 0 Å². The zero-order valence-corrected chi connectivity index (χ0v) is 8.06. The lowest BCUT2D eigenvalue weighted by Gasteiger charge is -2.11. The Morgan fingerprint density at radius 1 is 1.31 bits per heavy atom. The molecule has 0 bridgehead atoms. The fourth-order valence-electron chi connectivity index (χ4n) is 1.06.